The number of rotatable bonds is 7. The van der Waals surface area contributed by atoms with Crippen LogP contribution in [0.25, 0.3) is 11.2 Å². The number of benzene rings is 1. The van der Waals surface area contributed by atoms with Crippen LogP contribution in [0.3, 0.4) is 0 Å². The minimum absolute atomic E-state index is 0. The SMILES string of the molecule is CC(C)=CCn1c(N2CCC3CNC=C32)nc2c1c(=O)n(CC(=O)c1ccccc1)c(=O)n2CC(F)(F)F.Cl. The van der Waals surface area contributed by atoms with E-state index in [1.165, 1.54) is 12.1 Å². The van der Waals surface area contributed by atoms with Crippen LogP contribution in [0.15, 0.2) is 63.5 Å². The smallest absolute Gasteiger partial charge is 0.389 e. The van der Waals surface area contributed by atoms with Gasteiger partial charge in [-0.3, -0.25) is 18.7 Å². The van der Waals surface area contributed by atoms with Crippen LogP contribution in [-0.2, 0) is 19.6 Å². The van der Waals surface area contributed by atoms with Crippen molar-refractivity contribution in [2.75, 3.05) is 18.0 Å². The second-order valence-corrected chi connectivity index (χ2v) is 9.76. The van der Waals surface area contributed by atoms with Crippen molar-refractivity contribution in [3.8, 4) is 0 Å². The highest BCUT2D eigenvalue weighted by atomic mass is 35.5. The first-order chi connectivity index (χ1) is 18.0. The van der Waals surface area contributed by atoms with Gasteiger partial charge in [-0.05, 0) is 20.3 Å². The third kappa shape index (κ3) is 5.38. The van der Waals surface area contributed by atoms with Crippen molar-refractivity contribution in [2.24, 2.45) is 5.92 Å². The van der Waals surface area contributed by atoms with Gasteiger partial charge in [-0.1, -0.05) is 42.0 Å². The Kier molecular flexibility index (Phi) is 7.78. The molecule has 0 bridgehead atoms. The molecule has 1 saturated heterocycles. The van der Waals surface area contributed by atoms with Crippen LogP contribution in [0, 0.1) is 5.92 Å². The van der Waals surface area contributed by atoms with E-state index < -0.39 is 36.3 Å². The van der Waals surface area contributed by atoms with E-state index in [0.717, 1.165) is 24.2 Å². The Morgan fingerprint density at radius 2 is 1.85 bits per heavy atom. The molecule has 1 N–H and O–H groups in total. The molecule has 3 aromatic rings. The second kappa shape index (κ2) is 10.8. The van der Waals surface area contributed by atoms with Gasteiger partial charge in [0.1, 0.15) is 6.54 Å². The van der Waals surface area contributed by atoms with Crippen molar-refractivity contribution in [1.82, 2.24) is 24.0 Å². The van der Waals surface area contributed by atoms with Gasteiger partial charge in [-0.25, -0.2) is 4.79 Å². The van der Waals surface area contributed by atoms with E-state index in [2.05, 4.69) is 10.3 Å². The third-order valence-electron chi connectivity index (χ3n) is 6.80. The summed E-state index contributed by atoms with van der Waals surface area (Å²) in [7, 11) is 0. The summed E-state index contributed by atoms with van der Waals surface area (Å²) in [6.45, 7) is 2.86. The molecule has 1 unspecified atom stereocenters. The Bertz CT molecular complexity index is 1580. The number of allylic oxidation sites excluding steroid dienone is 2. The van der Waals surface area contributed by atoms with Gasteiger partial charge >= 0.3 is 11.9 Å². The molecule has 0 radical (unpaired) electrons. The van der Waals surface area contributed by atoms with Gasteiger partial charge in [-0.2, -0.15) is 18.2 Å². The van der Waals surface area contributed by atoms with Gasteiger partial charge in [0.15, 0.2) is 16.9 Å². The predicted molar refractivity (Wildman–Crippen MR) is 143 cm³/mol. The lowest BCUT2D eigenvalue weighted by Gasteiger charge is -2.19. The number of carbonyl (C=O) groups is 1. The fourth-order valence-electron chi connectivity index (χ4n) is 4.96. The average Bonchev–Trinajstić information content (AvgIpc) is 3.57. The molecule has 2 aromatic heterocycles. The van der Waals surface area contributed by atoms with Crippen LogP contribution in [0.5, 0.6) is 0 Å². The zero-order chi connectivity index (χ0) is 27.2. The third-order valence-corrected chi connectivity index (χ3v) is 6.80. The summed E-state index contributed by atoms with van der Waals surface area (Å²) in [6, 6.07) is 7.98. The molecule has 0 amide bonds. The lowest BCUT2D eigenvalue weighted by Crippen LogP contribution is -2.44. The number of halogens is 4. The van der Waals surface area contributed by atoms with Gasteiger partial charge in [0, 0.05) is 43.0 Å². The number of imidazole rings is 1. The first-order valence-corrected chi connectivity index (χ1v) is 12.3. The number of carbonyl (C=O) groups excluding carboxylic acids is 1. The Labute approximate surface area is 227 Å². The van der Waals surface area contributed by atoms with Gasteiger partial charge in [0.2, 0.25) is 5.95 Å². The zero-order valence-electron chi connectivity index (χ0n) is 21.4. The number of fused-ring (bicyclic) bond motifs is 2. The number of aromatic nitrogens is 4. The Hall–Kier alpha value is -3.80. The molecule has 208 valence electrons. The number of nitrogens with one attached hydrogen (secondary N) is 1. The maximum atomic E-state index is 13.7. The summed E-state index contributed by atoms with van der Waals surface area (Å²) in [5, 5.41) is 3.18. The van der Waals surface area contributed by atoms with E-state index in [9.17, 15) is 27.6 Å². The van der Waals surface area contributed by atoms with Crippen LogP contribution in [-0.4, -0.2) is 43.7 Å². The van der Waals surface area contributed by atoms with E-state index in [4.69, 9.17) is 0 Å². The minimum atomic E-state index is -4.76. The van der Waals surface area contributed by atoms with Crippen LogP contribution in [0.1, 0.15) is 30.6 Å². The van der Waals surface area contributed by atoms with Gasteiger partial charge in [0.05, 0.1) is 6.54 Å². The number of alkyl halides is 3. The molecule has 39 heavy (non-hydrogen) atoms. The molecule has 13 heteroatoms. The Morgan fingerprint density at radius 1 is 1.13 bits per heavy atom. The highest BCUT2D eigenvalue weighted by Crippen LogP contribution is 2.35. The molecule has 5 rings (SSSR count). The first kappa shape index (κ1) is 28.2. The molecule has 1 fully saturated rings. The van der Waals surface area contributed by atoms with Gasteiger partial charge in [-0.15, -0.1) is 12.4 Å². The standard InChI is InChI=1S/C26H27F3N6O3.ClH/c1-16(2)8-10-33-21-22(31-24(33)32-11-9-18-12-30-13-19(18)32)35(15-26(27,28)29)25(38)34(23(21)37)14-20(36)17-6-4-3-5-7-17;/h3-8,13,18,30H,9-12,14-15H2,1-2H3;1H. The molecule has 0 spiro atoms. The van der Waals surface area contributed by atoms with E-state index in [1.807, 2.05) is 31.0 Å². The average molecular weight is 565 g/mol. The number of hydrogen-bond donors (Lipinski definition) is 1. The summed E-state index contributed by atoms with van der Waals surface area (Å²) in [5.41, 5.74) is -0.495. The number of hydrogen-bond acceptors (Lipinski definition) is 6. The highest BCUT2D eigenvalue weighted by Gasteiger charge is 2.37. The van der Waals surface area contributed by atoms with Gasteiger partial charge < -0.3 is 14.8 Å². The summed E-state index contributed by atoms with van der Waals surface area (Å²) in [5.74, 6) is -0.0541. The number of Topliss-reactive ketones (excluding diaryl/α,β-unsaturated/α-hetero) is 1. The summed E-state index contributed by atoms with van der Waals surface area (Å²) < 4.78 is 43.6. The summed E-state index contributed by atoms with van der Waals surface area (Å²) >= 11 is 0. The lowest BCUT2D eigenvalue weighted by molar-refractivity contribution is -0.140. The lowest BCUT2D eigenvalue weighted by atomic mass is 10.1. The van der Waals surface area contributed by atoms with Crippen LogP contribution >= 0.6 is 12.4 Å². The molecular weight excluding hydrogens is 537 g/mol. The fourth-order valence-corrected chi connectivity index (χ4v) is 4.96. The van der Waals surface area contributed by atoms with E-state index in [1.54, 1.807) is 22.8 Å². The summed E-state index contributed by atoms with van der Waals surface area (Å²) in [6.07, 6.45) is -0.266. The normalized spacial score (nSPS) is 16.5. The molecular formula is C26H28ClF3N6O3. The maximum absolute atomic E-state index is 13.7. The van der Waals surface area contributed by atoms with Crippen molar-refractivity contribution < 1.29 is 18.0 Å². The number of ketones is 1. The van der Waals surface area contributed by atoms with Crippen molar-refractivity contribution in [1.29, 1.82) is 0 Å². The molecule has 0 aliphatic carbocycles. The van der Waals surface area contributed by atoms with Crippen LogP contribution < -0.4 is 21.5 Å². The van der Waals surface area contributed by atoms with Crippen LogP contribution in [0.2, 0.25) is 0 Å². The largest absolute Gasteiger partial charge is 0.406 e. The predicted octanol–water partition coefficient (Wildman–Crippen LogP) is 3.46. The Morgan fingerprint density at radius 3 is 2.51 bits per heavy atom. The highest BCUT2D eigenvalue weighted by molar-refractivity contribution is 5.96. The molecule has 1 aromatic carbocycles. The summed E-state index contributed by atoms with van der Waals surface area (Å²) in [4.78, 5) is 46.3. The van der Waals surface area contributed by atoms with Crippen molar-refractivity contribution in [3.63, 3.8) is 0 Å². The molecule has 4 heterocycles. The molecule has 0 saturated carbocycles. The van der Waals surface area contributed by atoms with E-state index in [-0.39, 0.29) is 47.5 Å². The topological polar surface area (TPSA) is 94.2 Å². The van der Waals surface area contributed by atoms with Crippen molar-refractivity contribution in [3.05, 3.63) is 80.3 Å². The number of nitrogens with zero attached hydrogens (tertiary/aromatic N) is 5. The van der Waals surface area contributed by atoms with Crippen molar-refractivity contribution in [2.45, 2.75) is 46.1 Å². The minimum Gasteiger partial charge on any atom is -0.389 e. The zero-order valence-corrected chi connectivity index (χ0v) is 22.2. The maximum Gasteiger partial charge on any atom is 0.406 e. The Balaban J connectivity index is 0.00000353. The molecule has 2 aliphatic rings. The fraction of sp³-hybridized carbons (Fsp3) is 0.385. The van der Waals surface area contributed by atoms with Gasteiger partial charge in [0.25, 0.3) is 5.56 Å². The van der Waals surface area contributed by atoms with Crippen LogP contribution in [0.4, 0.5) is 19.1 Å². The second-order valence-electron chi connectivity index (χ2n) is 9.76. The van der Waals surface area contributed by atoms with E-state index in [0.29, 0.717) is 15.7 Å². The molecule has 9 nitrogen and oxygen atoms in total. The quantitative estimate of drug-likeness (QED) is 0.349. The number of anilines is 1. The molecule has 2 aliphatic heterocycles. The molecule has 1 atom stereocenters. The monoisotopic (exact) mass is 564 g/mol. The first-order valence-electron chi connectivity index (χ1n) is 12.3. The van der Waals surface area contributed by atoms with Crippen molar-refractivity contribution >= 4 is 35.3 Å². The van der Waals surface area contributed by atoms with E-state index >= 15 is 0 Å².